The van der Waals surface area contributed by atoms with Crippen LogP contribution in [0, 0.1) is 6.92 Å². The molecular weight excluding hydrogens is 326 g/mol. The Morgan fingerprint density at radius 2 is 1.92 bits per heavy atom. The molecule has 1 aromatic heterocycles. The molecular formula is C18H16ClN3O2. The summed E-state index contributed by atoms with van der Waals surface area (Å²) in [7, 11) is 0. The molecule has 1 heterocycles. The van der Waals surface area contributed by atoms with Crippen LogP contribution < -0.4 is 11.1 Å². The Morgan fingerprint density at radius 1 is 1.17 bits per heavy atom. The van der Waals surface area contributed by atoms with Gasteiger partial charge in [0.1, 0.15) is 6.54 Å². The molecule has 0 atom stereocenters. The Labute approximate surface area is 144 Å². The molecule has 24 heavy (non-hydrogen) atoms. The number of nitrogens with one attached hydrogen (secondary N) is 1. The summed E-state index contributed by atoms with van der Waals surface area (Å²) >= 11 is 5.91. The lowest BCUT2D eigenvalue weighted by Gasteiger charge is -2.10. The fourth-order valence-corrected chi connectivity index (χ4v) is 2.90. The summed E-state index contributed by atoms with van der Waals surface area (Å²) in [5.74, 6) is -0.833. The van der Waals surface area contributed by atoms with Crippen molar-refractivity contribution in [3.8, 4) is 0 Å². The highest BCUT2D eigenvalue weighted by Crippen LogP contribution is 2.21. The van der Waals surface area contributed by atoms with Crippen molar-refractivity contribution in [3.05, 3.63) is 64.8 Å². The number of benzene rings is 2. The van der Waals surface area contributed by atoms with Crippen LogP contribution in [0.4, 0.5) is 5.69 Å². The minimum Gasteiger partial charge on any atom is -0.366 e. The van der Waals surface area contributed by atoms with Gasteiger partial charge in [0.15, 0.2) is 0 Å². The van der Waals surface area contributed by atoms with E-state index < -0.39 is 5.91 Å². The van der Waals surface area contributed by atoms with Gasteiger partial charge in [-0.05, 0) is 42.6 Å². The van der Waals surface area contributed by atoms with Gasteiger partial charge in [0.05, 0.1) is 10.6 Å². The number of aromatic nitrogens is 1. The zero-order valence-corrected chi connectivity index (χ0v) is 13.8. The number of rotatable bonds is 4. The Hall–Kier alpha value is -2.79. The SMILES string of the molecule is Cc1cc2ccccc2n1CC(=O)Nc1ccc(Cl)c(C(N)=O)c1. The second kappa shape index (κ2) is 6.37. The number of carbonyl (C=O) groups is 2. The van der Waals surface area contributed by atoms with E-state index in [4.69, 9.17) is 17.3 Å². The molecule has 0 aliphatic heterocycles. The second-order valence-electron chi connectivity index (χ2n) is 5.54. The monoisotopic (exact) mass is 341 g/mol. The van der Waals surface area contributed by atoms with Crippen LogP contribution in [0.3, 0.4) is 0 Å². The van der Waals surface area contributed by atoms with Crippen LogP contribution in [0.25, 0.3) is 10.9 Å². The van der Waals surface area contributed by atoms with Gasteiger partial charge in [-0.25, -0.2) is 0 Å². The van der Waals surface area contributed by atoms with Crippen molar-refractivity contribution >= 4 is 40.0 Å². The number of para-hydroxylation sites is 1. The average molecular weight is 342 g/mol. The largest absolute Gasteiger partial charge is 0.366 e. The Bertz CT molecular complexity index is 947. The van der Waals surface area contributed by atoms with Gasteiger partial charge in [-0.1, -0.05) is 29.8 Å². The van der Waals surface area contributed by atoms with Crippen LogP contribution in [0.15, 0.2) is 48.5 Å². The summed E-state index contributed by atoms with van der Waals surface area (Å²) < 4.78 is 1.94. The predicted molar refractivity (Wildman–Crippen MR) is 95.3 cm³/mol. The van der Waals surface area contributed by atoms with Gasteiger partial charge in [0.2, 0.25) is 11.8 Å². The molecule has 0 spiro atoms. The van der Waals surface area contributed by atoms with E-state index in [9.17, 15) is 9.59 Å². The van der Waals surface area contributed by atoms with Gasteiger partial charge >= 0.3 is 0 Å². The average Bonchev–Trinajstić information content (AvgIpc) is 2.85. The molecule has 0 fully saturated rings. The van der Waals surface area contributed by atoms with Gasteiger partial charge < -0.3 is 15.6 Å². The fraction of sp³-hybridized carbons (Fsp3) is 0.111. The molecule has 3 rings (SSSR count). The van der Waals surface area contributed by atoms with E-state index in [0.717, 1.165) is 16.6 Å². The van der Waals surface area contributed by atoms with E-state index in [1.165, 1.54) is 12.1 Å². The van der Waals surface area contributed by atoms with E-state index in [1.54, 1.807) is 6.07 Å². The number of nitrogens with two attached hydrogens (primary N) is 1. The van der Waals surface area contributed by atoms with Crippen LogP contribution in [0.1, 0.15) is 16.1 Å². The van der Waals surface area contributed by atoms with E-state index >= 15 is 0 Å². The molecule has 0 radical (unpaired) electrons. The molecule has 0 saturated heterocycles. The molecule has 0 aliphatic rings. The van der Waals surface area contributed by atoms with Gasteiger partial charge in [-0.15, -0.1) is 0 Å². The van der Waals surface area contributed by atoms with E-state index in [2.05, 4.69) is 5.32 Å². The molecule has 3 N–H and O–H groups in total. The first-order chi connectivity index (χ1) is 11.5. The zero-order chi connectivity index (χ0) is 17.3. The number of hydrogen-bond acceptors (Lipinski definition) is 2. The van der Waals surface area contributed by atoms with Gasteiger partial charge in [-0.2, -0.15) is 0 Å². The van der Waals surface area contributed by atoms with Crippen molar-refractivity contribution < 1.29 is 9.59 Å². The van der Waals surface area contributed by atoms with Crippen LogP contribution in [-0.2, 0) is 11.3 Å². The Kier molecular flexibility index (Phi) is 4.27. The van der Waals surface area contributed by atoms with E-state index in [-0.39, 0.29) is 23.0 Å². The molecule has 3 aromatic rings. The number of aryl methyl sites for hydroxylation is 1. The topological polar surface area (TPSA) is 77.1 Å². The summed E-state index contributed by atoms with van der Waals surface area (Å²) in [6, 6.07) is 14.6. The van der Waals surface area contributed by atoms with E-state index in [0.29, 0.717) is 5.69 Å². The van der Waals surface area contributed by atoms with Crippen molar-refractivity contribution in [1.82, 2.24) is 4.57 Å². The highest BCUT2D eigenvalue weighted by atomic mass is 35.5. The molecule has 6 heteroatoms. The second-order valence-corrected chi connectivity index (χ2v) is 5.94. The third-order valence-corrected chi connectivity index (χ3v) is 4.16. The number of nitrogens with zero attached hydrogens (tertiary/aromatic N) is 1. The maximum absolute atomic E-state index is 12.4. The van der Waals surface area contributed by atoms with Crippen molar-refractivity contribution in [2.24, 2.45) is 5.73 Å². The molecule has 0 aliphatic carbocycles. The number of anilines is 1. The number of amides is 2. The Morgan fingerprint density at radius 3 is 2.67 bits per heavy atom. The first-order valence-corrected chi connectivity index (χ1v) is 7.77. The number of fused-ring (bicyclic) bond motifs is 1. The summed E-state index contributed by atoms with van der Waals surface area (Å²) in [6.07, 6.45) is 0. The van der Waals surface area contributed by atoms with Crippen LogP contribution >= 0.6 is 11.6 Å². The lowest BCUT2D eigenvalue weighted by atomic mass is 10.2. The van der Waals surface area contributed by atoms with E-state index in [1.807, 2.05) is 41.8 Å². The third-order valence-electron chi connectivity index (χ3n) is 3.83. The molecule has 2 aromatic carbocycles. The lowest BCUT2D eigenvalue weighted by molar-refractivity contribution is -0.116. The first-order valence-electron chi connectivity index (χ1n) is 7.40. The number of carbonyl (C=O) groups excluding carboxylic acids is 2. The highest BCUT2D eigenvalue weighted by Gasteiger charge is 2.12. The molecule has 122 valence electrons. The van der Waals surface area contributed by atoms with Crippen molar-refractivity contribution in [2.45, 2.75) is 13.5 Å². The fourth-order valence-electron chi connectivity index (χ4n) is 2.69. The predicted octanol–water partition coefficient (Wildman–Crippen LogP) is 3.34. The molecule has 2 amide bonds. The normalized spacial score (nSPS) is 10.8. The Balaban J connectivity index is 1.82. The summed E-state index contributed by atoms with van der Waals surface area (Å²) in [6.45, 7) is 2.13. The van der Waals surface area contributed by atoms with Gasteiger partial charge in [-0.3, -0.25) is 9.59 Å². The molecule has 0 bridgehead atoms. The standard InChI is InChI=1S/C18H16ClN3O2/c1-11-8-12-4-2-3-5-16(12)22(11)10-17(23)21-13-6-7-15(19)14(9-13)18(20)24/h2-9H,10H2,1H3,(H2,20,24)(H,21,23). The maximum Gasteiger partial charge on any atom is 0.250 e. The molecule has 0 saturated carbocycles. The van der Waals surface area contributed by atoms with Gasteiger partial charge in [0, 0.05) is 16.9 Å². The first kappa shape index (κ1) is 16.1. The zero-order valence-electron chi connectivity index (χ0n) is 13.0. The maximum atomic E-state index is 12.4. The third kappa shape index (κ3) is 3.12. The number of hydrogen-bond donors (Lipinski definition) is 2. The highest BCUT2D eigenvalue weighted by molar-refractivity contribution is 6.34. The summed E-state index contributed by atoms with van der Waals surface area (Å²) in [5, 5.41) is 4.11. The molecule has 5 nitrogen and oxygen atoms in total. The molecule has 0 unspecified atom stereocenters. The minimum atomic E-state index is -0.636. The van der Waals surface area contributed by atoms with Crippen molar-refractivity contribution in [1.29, 1.82) is 0 Å². The number of primary amides is 1. The minimum absolute atomic E-state index is 0.174. The van der Waals surface area contributed by atoms with Crippen molar-refractivity contribution in [2.75, 3.05) is 5.32 Å². The number of halogens is 1. The van der Waals surface area contributed by atoms with Crippen LogP contribution in [-0.4, -0.2) is 16.4 Å². The summed E-state index contributed by atoms with van der Waals surface area (Å²) in [4.78, 5) is 23.7. The van der Waals surface area contributed by atoms with Crippen LogP contribution in [0.2, 0.25) is 5.02 Å². The quantitative estimate of drug-likeness (QED) is 0.763. The van der Waals surface area contributed by atoms with Crippen molar-refractivity contribution in [3.63, 3.8) is 0 Å². The summed E-state index contributed by atoms with van der Waals surface area (Å²) in [5.41, 5.74) is 7.92. The lowest BCUT2D eigenvalue weighted by Crippen LogP contribution is -2.20. The van der Waals surface area contributed by atoms with Crippen LogP contribution in [0.5, 0.6) is 0 Å². The smallest absolute Gasteiger partial charge is 0.250 e. The van der Waals surface area contributed by atoms with Gasteiger partial charge in [0.25, 0.3) is 0 Å².